The van der Waals surface area contributed by atoms with Gasteiger partial charge in [-0.3, -0.25) is 4.79 Å². The quantitative estimate of drug-likeness (QED) is 0.792. The lowest BCUT2D eigenvalue weighted by atomic mass is 9.99. The Morgan fingerprint density at radius 1 is 1.43 bits per heavy atom. The Labute approximate surface area is 138 Å². The first kappa shape index (κ1) is 19.0. The van der Waals surface area contributed by atoms with Crippen LogP contribution in [0, 0.1) is 17.2 Å². The Bertz CT molecular complexity index is 578. The van der Waals surface area contributed by atoms with Crippen LogP contribution in [0.3, 0.4) is 0 Å². The van der Waals surface area contributed by atoms with Crippen molar-refractivity contribution in [1.29, 1.82) is 5.26 Å². The van der Waals surface area contributed by atoms with E-state index in [0.717, 1.165) is 6.42 Å². The van der Waals surface area contributed by atoms with E-state index in [0.29, 0.717) is 35.9 Å². The maximum Gasteiger partial charge on any atom is 0.256 e. The molecule has 0 fully saturated rings. The molecule has 0 aliphatic heterocycles. The van der Waals surface area contributed by atoms with E-state index in [-0.39, 0.29) is 5.91 Å². The summed E-state index contributed by atoms with van der Waals surface area (Å²) in [6.07, 6.45) is 1.43. The number of nitrogens with one attached hydrogen (secondary N) is 1. The standard InChI is InChI=1S/C18H26N2O3/c1-6-9-18(4,22-5)17(21)20-16-8-7-15(10-14(16)11-19)23-12-13(2)3/h7-8,10,13H,6,9,12H2,1-5H3,(H,20,21)/t18-/m1/s1. The van der Waals surface area contributed by atoms with Gasteiger partial charge in [-0.05, 0) is 37.5 Å². The lowest BCUT2D eigenvalue weighted by Crippen LogP contribution is -2.41. The first-order valence-electron chi connectivity index (χ1n) is 7.89. The number of hydrogen-bond donors (Lipinski definition) is 1. The summed E-state index contributed by atoms with van der Waals surface area (Å²) in [6, 6.07) is 7.18. The van der Waals surface area contributed by atoms with Gasteiger partial charge >= 0.3 is 0 Å². The maximum absolute atomic E-state index is 12.4. The van der Waals surface area contributed by atoms with Crippen molar-refractivity contribution in [3.8, 4) is 11.8 Å². The molecule has 1 atom stereocenters. The molecule has 0 radical (unpaired) electrons. The zero-order chi connectivity index (χ0) is 17.5. The second-order valence-electron chi connectivity index (χ2n) is 6.16. The molecule has 1 amide bonds. The summed E-state index contributed by atoms with van der Waals surface area (Å²) in [4.78, 5) is 12.4. The number of hydrogen-bond acceptors (Lipinski definition) is 4. The number of carbonyl (C=O) groups excluding carboxylic acids is 1. The molecule has 0 aliphatic carbocycles. The van der Waals surface area contributed by atoms with E-state index in [1.165, 1.54) is 7.11 Å². The minimum atomic E-state index is -0.908. The van der Waals surface area contributed by atoms with Crippen LogP contribution in [0.15, 0.2) is 18.2 Å². The van der Waals surface area contributed by atoms with Crippen LogP contribution in [-0.4, -0.2) is 25.2 Å². The molecule has 1 aromatic carbocycles. The van der Waals surface area contributed by atoms with Gasteiger partial charge in [-0.2, -0.15) is 5.26 Å². The van der Waals surface area contributed by atoms with E-state index in [1.807, 2.05) is 6.92 Å². The Kier molecular flexibility index (Phi) is 7.05. The Hall–Kier alpha value is -2.06. The fraction of sp³-hybridized carbons (Fsp3) is 0.556. The number of nitriles is 1. The van der Waals surface area contributed by atoms with Crippen LogP contribution >= 0.6 is 0 Å². The molecule has 0 aromatic heterocycles. The summed E-state index contributed by atoms with van der Waals surface area (Å²) in [7, 11) is 1.52. The minimum Gasteiger partial charge on any atom is -0.493 e. The molecule has 0 spiro atoms. The highest BCUT2D eigenvalue weighted by molar-refractivity contribution is 5.98. The SMILES string of the molecule is CCC[C@@](C)(OC)C(=O)Nc1ccc(OCC(C)C)cc1C#N. The highest BCUT2D eigenvalue weighted by Gasteiger charge is 2.32. The molecule has 0 saturated carbocycles. The third kappa shape index (κ3) is 5.26. The monoisotopic (exact) mass is 318 g/mol. The highest BCUT2D eigenvalue weighted by atomic mass is 16.5. The molecule has 0 unspecified atom stereocenters. The van der Waals surface area contributed by atoms with Crippen molar-refractivity contribution in [1.82, 2.24) is 0 Å². The molecule has 5 nitrogen and oxygen atoms in total. The van der Waals surface area contributed by atoms with Crippen LogP contribution in [0.5, 0.6) is 5.75 Å². The largest absolute Gasteiger partial charge is 0.493 e. The topological polar surface area (TPSA) is 71.3 Å². The smallest absolute Gasteiger partial charge is 0.256 e. The number of amides is 1. The van der Waals surface area contributed by atoms with Gasteiger partial charge in [0.2, 0.25) is 0 Å². The van der Waals surface area contributed by atoms with Crippen LogP contribution in [0.4, 0.5) is 5.69 Å². The van der Waals surface area contributed by atoms with Crippen molar-refractivity contribution in [2.75, 3.05) is 19.0 Å². The maximum atomic E-state index is 12.4. The lowest BCUT2D eigenvalue weighted by Gasteiger charge is -2.26. The molecule has 0 saturated heterocycles. The molecule has 1 aromatic rings. The molecule has 126 valence electrons. The minimum absolute atomic E-state index is 0.255. The summed E-state index contributed by atoms with van der Waals surface area (Å²) in [5.74, 6) is 0.766. The molecular weight excluding hydrogens is 292 g/mol. The number of rotatable bonds is 8. The summed E-state index contributed by atoms with van der Waals surface area (Å²) in [5.41, 5.74) is -0.0720. The molecule has 5 heteroatoms. The van der Waals surface area contributed by atoms with E-state index in [4.69, 9.17) is 9.47 Å². The average Bonchev–Trinajstić information content (AvgIpc) is 2.53. The van der Waals surface area contributed by atoms with Crippen LogP contribution in [0.1, 0.15) is 46.1 Å². The zero-order valence-corrected chi connectivity index (χ0v) is 14.6. The van der Waals surface area contributed by atoms with E-state index >= 15 is 0 Å². The van der Waals surface area contributed by atoms with Crippen molar-refractivity contribution in [2.45, 2.75) is 46.1 Å². The third-order valence-corrected chi connectivity index (χ3v) is 3.60. The fourth-order valence-electron chi connectivity index (χ4n) is 2.12. The van der Waals surface area contributed by atoms with Gasteiger partial charge < -0.3 is 14.8 Å². The van der Waals surface area contributed by atoms with Gasteiger partial charge in [0, 0.05) is 7.11 Å². The van der Waals surface area contributed by atoms with E-state index in [2.05, 4.69) is 25.2 Å². The number of carbonyl (C=O) groups is 1. The number of methoxy groups -OCH3 is 1. The lowest BCUT2D eigenvalue weighted by molar-refractivity contribution is -0.136. The van der Waals surface area contributed by atoms with Crippen molar-refractivity contribution in [3.63, 3.8) is 0 Å². The van der Waals surface area contributed by atoms with Crippen molar-refractivity contribution < 1.29 is 14.3 Å². The number of anilines is 1. The van der Waals surface area contributed by atoms with Crippen LogP contribution in [-0.2, 0) is 9.53 Å². The highest BCUT2D eigenvalue weighted by Crippen LogP contribution is 2.25. The summed E-state index contributed by atoms with van der Waals surface area (Å²) in [5, 5.41) is 12.1. The third-order valence-electron chi connectivity index (χ3n) is 3.60. The average molecular weight is 318 g/mol. The predicted octanol–water partition coefficient (Wildman–Crippen LogP) is 3.74. The number of ether oxygens (including phenoxy) is 2. The Balaban J connectivity index is 2.92. The van der Waals surface area contributed by atoms with Gasteiger partial charge in [0.1, 0.15) is 17.4 Å². The van der Waals surface area contributed by atoms with Gasteiger partial charge in [-0.1, -0.05) is 27.2 Å². The Morgan fingerprint density at radius 2 is 2.13 bits per heavy atom. The molecule has 1 rings (SSSR count). The summed E-state index contributed by atoms with van der Waals surface area (Å²) < 4.78 is 11.0. The van der Waals surface area contributed by atoms with Crippen LogP contribution < -0.4 is 10.1 Å². The van der Waals surface area contributed by atoms with E-state index in [1.54, 1.807) is 25.1 Å². The van der Waals surface area contributed by atoms with Crippen molar-refractivity contribution in [2.24, 2.45) is 5.92 Å². The van der Waals surface area contributed by atoms with Gasteiger partial charge in [0.25, 0.3) is 5.91 Å². The van der Waals surface area contributed by atoms with Gasteiger partial charge in [0.05, 0.1) is 17.9 Å². The normalized spacial score (nSPS) is 13.3. The number of benzene rings is 1. The molecule has 0 heterocycles. The number of nitrogens with zero attached hydrogens (tertiary/aromatic N) is 1. The molecule has 0 bridgehead atoms. The first-order valence-corrected chi connectivity index (χ1v) is 7.89. The predicted molar refractivity (Wildman–Crippen MR) is 90.4 cm³/mol. The molecule has 1 N–H and O–H groups in total. The first-order chi connectivity index (χ1) is 10.9. The van der Waals surface area contributed by atoms with Gasteiger partial charge in [-0.15, -0.1) is 0 Å². The van der Waals surface area contributed by atoms with Gasteiger partial charge in [-0.25, -0.2) is 0 Å². The Morgan fingerprint density at radius 3 is 2.65 bits per heavy atom. The fourth-order valence-corrected chi connectivity index (χ4v) is 2.12. The second kappa shape index (κ2) is 8.54. The van der Waals surface area contributed by atoms with Crippen LogP contribution in [0.2, 0.25) is 0 Å². The van der Waals surface area contributed by atoms with Crippen molar-refractivity contribution >= 4 is 11.6 Å². The van der Waals surface area contributed by atoms with Crippen molar-refractivity contribution in [3.05, 3.63) is 23.8 Å². The molecule has 0 aliphatic rings. The molecule has 23 heavy (non-hydrogen) atoms. The van der Waals surface area contributed by atoms with Crippen LogP contribution in [0.25, 0.3) is 0 Å². The van der Waals surface area contributed by atoms with E-state index < -0.39 is 5.60 Å². The second-order valence-corrected chi connectivity index (χ2v) is 6.16. The molecular formula is C18H26N2O3. The summed E-state index contributed by atoms with van der Waals surface area (Å²) in [6.45, 7) is 8.43. The zero-order valence-electron chi connectivity index (χ0n) is 14.6. The van der Waals surface area contributed by atoms with E-state index in [9.17, 15) is 10.1 Å². The summed E-state index contributed by atoms with van der Waals surface area (Å²) >= 11 is 0. The van der Waals surface area contributed by atoms with Gasteiger partial charge in [0.15, 0.2) is 0 Å².